The molecule has 0 aliphatic rings. The van der Waals surface area contributed by atoms with Crippen molar-refractivity contribution in [1.82, 2.24) is 15.1 Å². The fourth-order valence-corrected chi connectivity index (χ4v) is 2.19. The molecule has 18 heavy (non-hydrogen) atoms. The highest BCUT2D eigenvalue weighted by Crippen LogP contribution is 2.20. The van der Waals surface area contributed by atoms with E-state index < -0.39 is 0 Å². The Morgan fingerprint density at radius 1 is 1.44 bits per heavy atom. The van der Waals surface area contributed by atoms with Crippen LogP contribution in [0, 0.1) is 6.92 Å². The first-order valence-electron chi connectivity index (χ1n) is 6.48. The van der Waals surface area contributed by atoms with Gasteiger partial charge in [-0.15, -0.1) is 0 Å². The molecule has 1 unspecified atom stereocenters. The highest BCUT2D eigenvalue weighted by atomic mass is 35.5. The third kappa shape index (κ3) is 4.26. The summed E-state index contributed by atoms with van der Waals surface area (Å²) in [6.07, 6.45) is 1.09. The van der Waals surface area contributed by atoms with Crippen LogP contribution in [-0.4, -0.2) is 35.1 Å². The maximum Gasteiger partial charge on any atom is 0.130 e. The molecule has 1 atom stereocenters. The molecule has 1 aromatic heterocycles. The molecule has 0 aliphatic heterocycles. The number of aromatic nitrogens is 2. The first-order chi connectivity index (χ1) is 8.45. The van der Waals surface area contributed by atoms with E-state index in [-0.39, 0.29) is 12.1 Å². The van der Waals surface area contributed by atoms with E-state index in [1.807, 2.05) is 27.8 Å². The van der Waals surface area contributed by atoms with Gasteiger partial charge in [0, 0.05) is 18.7 Å². The Bertz CT molecular complexity index is 377. The molecule has 0 spiro atoms. The van der Waals surface area contributed by atoms with Gasteiger partial charge in [-0.05, 0) is 33.7 Å². The number of aryl methyl sites for hydroxylation is 2. The van der Waals surface area contributed by atoms with Crippen LogP contribution in [0.5, 0.6) is 0 Å². The predicted octanol–water partition coefficient (Wildman–Crippen LogP) is 2.33. The van der Waals surface area contributed by atoms with Gasteiger partial charge in [-0.2, -0.15) is 5.10 Å². The standard InChI is InChI=1S/C13H24ClN3O/c1-6-15-11(8-18-9(2)3)7-12-10(4)16-17(5)13(12)14/h9,11,15H,6-8H2,1-5H3. The van der Waals surface area contributed by atoms with Crippen molar-refractivity contribution in [2.24, 2.45) is 7.05 Å². The summed E-state index contributed by atoms with van der Waals surface area (Å²) in [5, 5.41) is 8.49. The first kappa shape index (κ1) is 15.5. The summed E-state index contributed by atoms with van der Waals surface area (Å²) in [6.45, 7) is 9.80. The minimum Gasteiger partial charge on any atom is -0.377 e. The van der Waals surface area contributed by atoms with E-state index in [9.17, 15) is 0 Å². The van der Waals surface area contributed by atoms with Crippen LogP contribution in [-0.2, 0) is 18.2 Å². The summed E-state index contributed by atoms with van der Waals surface area (Å²) < 4.78 is 7.40. The number of nitrogens with zero attached hydrogens (tertiary/aromatic N) is 2. The van der Waals surface area contributed by atoms with Crippen molar-refractivity contribution in [3.8, 4) is 0 Å². The molecule has 1 heterocycles. The van der Waals surface area contributed by atoms with Crippen LogP contribution in [0.15, 0.2) is 0 Å². The van der Waals surface area contributed by atoms with Crippen LogP contribution in [0.1, 0.15) is 32.0 Å². The lowest BCUT2D eigenvalue weighted by atomic mass is 10.1. The Morgan fingerprint density at radius 3 is 2.56 bits per heavy atom. The molecule has 1 aromatic rings. The largest absolute Gasteiger partial charge is 0.377 e. The van der Waals surface area contributed by atoms with Gasteiger partial charge in [0.15, 0.2) is 0 Å². The van der Waals surface area contributed by atoms with Crippen LogP contribution >= 0.6 is 11.6 Å². The van der Waals surface area contributed by atoms with Crippen molar-refractivity contribution in [3.63, 3.8) is 0 Å². The van der Waals surface area contributed by atoms with Gasteiger partial charge in [0.2, 0.25) is 0 Å². The van der Waals surface area contributed by atoms with Crippen LogP contribution in [0.25, 0.3) is 0 Å². The Balaban J connectivity index is 2.70. The van der Waals surface area contributed by atoms with Gasteiger partial charge in [0.1, 0.15) is 5.15 Å². The second-order valence-electron chi connectivity index (χ2n) is 4.82. The van der Waals surface area contributed by atoms with E-state index >= 15 is 0 Å². The number of hydrogen-bond donors (Lipinski definition) is 1. The summed E-state index contributed by atoms with van der Waals surface area (Å²) in [6, 6.07) is 0.276. The second-order valence-corrected chi connectivity index (χ2v) is 5.18. The Kier molecular flexibility index (Phi) is 6.12. The van der Waals surface area contributed by atoms with Crippen LogP contribution in [0.4, 0.5) is 0 Å². The highest BCUT2D eigenvalue weighted by molar-refractivity contribution is 6.30. The third-order valence-electron chi connectivity index (χ3n) is 2.84. The molecule has 0 saturated heterocycles. The summed E-state index contributed by atoms with van der Waals surface area (Å²) >= 11 is 6.25. The second kappa shape index (κ2) is 7.12. The van der Waals surface area contributed by atoms with Crippen LogP contribution < -0.4 is 5.32 Å². The zero-order valence-electron chi connectivity index (χ0n) is 12.0. The molecular weight excluding hydrogens is 250 g/mol. The average molecular weight is 274 g/mol. The molecule has 0 fully saturated rings. The van der Waals surface area contributed by atoms with Gasteiger partial charge < -0.3 is 10.1 Å². The van der Waals surface area contributed by atoms with Gasteiger partial charge in [-0.3, -0.25) is 4.68 Å². The van der Waals surface area contributed by atoms with Crippen molar-refractivity contribution < 1.29 is 4.74 Å². The number of ether oxygens (including phenoxy) is 1. The van der Waals surface area contributed by atoms with Gasteiger partial charge >= 0.3 is 0 Å². The number of hydrogen-bond acceptors (Lipinski definition) is 3. The molecular formula is C13H24ClN3O. The lowest BCUT2D eigenvalue weighted by Crippen LogP contribution is -2.36. The minimum atomic E-state index is 0.247. The van der Waals surface area contributed by atoms with E-state index in [0.717, 1.165) is 29.4 Å². The Hall–Kier alpha value is -0.580. The topological polar surface area (TPSA) is 39.1 Å². The molecule has 4 nitrogen and oxygen atoms in total. The van der Waals surface area contributed by atoms with Crippen molar-refractivity contribution in [2.75, 3.05) is 13.2 Å². The van der Waals surface area contributed by atoms with Gasteiger partial charge in [0.25, 0.3) is 0 Å². The van der Waals surface area contributed by atoms with Gasteiger partial charge in [0.05, 0.1) is 18.4 Å². The molecule has 5 heteroatoms. The zero-order valence-corrected chi connectivity index (χ0v) is 12.7. The molecule has 1 rings (SSSR count). The Morgan fingerprint density at radius 2 is 2.11 bits per heavy atom. The van der Waals surface area contributed by atoms with E-state index in [2.05, 4.69) is 17.3 Å². The molecule has 1 N–H and O–H groups in total. The molecule has 0 amide bonds. The molecule has 0 aromatic carbocycles. The quantitative estimate of drug-likeness (QED) is 0.829. The van der Waals surface area contributed by atoms with Crippen molar-refractivity contribution in [3.05, 3.63) is 16.4 Å². The van der Waals surface area contributed by atoms with E-state index in [4.69, 9.17) is 16.3 Å². The molecule has 0 bridgehead atoms. The summed E-state index contributed by atoms with van der Waals surface area (Å²) in [7, 11) is 1.87. The van der Waals surface area contributed by atoms with Gasteiger partial charge in [-0.1, -0.05) is 18.5 Å². The SMILES string of the molecule is CCNC(COC(C)C)Cc1c(C)nn(C)c1Cl. The third-order valence-corrected chi connectivity index (χ3v) is 3.32. The summed E-state index contributed by atoms with van der Waals surface area (Å²) in [4.78, 5) is 0. The van der Waals surface area contributed by atoms with Crippen molar-refractivity contribution in [2.45, 2.75) is 46.3 Å². The molecule has 0 radical (unpaired) electrons. The van der Waals surface area contributed by atoms with Gasteiger partial charge in [-0.25, -0.2) is 0 Å². The number of halogens is 1. The number of likely N-dealkylation sites (N-methyl/N-ethyl adjacent to an activating group) is 1. The maximum absolute atomic E-state index is 6.25. The molecule has 104 valence electrons. The zero-order chi connectivity index (χ0) is 13.7. The van der Waals surface area contributed by atoms with E-state index in [1.54, 1.807) is 4.68 Å². The number of nitrogens with one attached hydrogen (secondary N) is 1. The lowest BCUT2D eigenvalue weighted by molar-refractivity contribution is 0.0616. The number of rotatable bonds is 7. The van der Waals surface area contributed by atoms with E-state index in [0.29, 0.717) is 6.61 Å². The highest BCUT2D eigenvalue weighted by Gasteiger charge is 2.17. The summed E-state index contributed by atoms with van der Waals surface area (Å²) in [5.41, 5.74) is 2.10. The Labute approximate surface area is 115 Å². The fraction of sp³-hybridized carbons (Fsp3) is 0.769. The fourth-order valence-electron chi connectivity index (χ4n) is 1.94. The van der Waals surface area contributed by atoms with Crippen molar-refractivity contribution >= 4 is 11.6 Å². The van der Waals surface area contributed by atoms with E-state index in [1.165, 1.54) is 0 Å². The summed E-state index contributed by atoms with van der Waals surface area (Å²) in [5.74, 6) is 0. The van der Waals surface area contributed by atoms with Crippen LogP contribution in [0.2, 0.25) is 5.15 Å². The maximum atomic E-state index is 6.25. The lowest BCUT2D eigenvalue weighted by Gasteiger charge is -2.19. The smallest absolute Gasteiger partial charge is 0.130 e. The van der Waals surface area contributed by atoms with Crippen molar-refractivity contribution in [1.29, 1.82) is 0 Å². The first-order valence-corrected chi connectivity index (χ1v) is 6.86. The normalized spacial score (nSPS) is 13.3. The monoisotopic (exact) mass is 273 g/mol. The van der Waals surface area contributed by atoms with Crippen LogP contribution in [0.3, 0.4) is 0 Å². The molecule has 0 saturated carbocycles. The predicted molar refractivity (Wildman–Crippen MR) is 75.2 cm³/mol. The minimum absolute atomic E-state index is 0.247. The molecule has 0 aliphatic carbocycles. The average Bonchev–Trinajstić information content (AvgIpc) is 2.53.